The fraction of sp³-hybridized carbons (Fsp3) is 0.273. The predicted molar refractivity (Wildman–Crippen MR) is 74.4 cm³/mol. The van der Waals surface area contributed by atoms with E-state index in [1.54, 1.807) is 0 Å². The molecule has 0 heterocycles. The topological polar surface area (TPSA) is 152 Å². The molecule has 1 aromatic rings. The lowest BCUT2D eigenvalue weighted by Gasteiger charge is -2.10. The second-order valence-corrected chi connectivity index (χ2v) is 4.81. The zero-order valence-corrected chi connectivity index (χ0v) is 11.9. The van der Waals surface area contributed by atoms with Crippen LogP contribution in [0.4, 0.5) is 11.4 Å². The first kappa shape index (κ1) is 16.5. The summed E-state index contributed by atoms with van der Waals surface area (Å²) in [5.41, 5.74) is 13.8. The summed E-state index contributed by atoms with van der Waals surface area (Å²) in [5, 5.41) is 3.30. The first-order valence-electron chi connectivity index (χ1n) is 5.74. The molecule has 0 amide bonds. The van der Waals surface area contributed by atoms with Gasteiger partial charge in [0.1, 0.15) is 10.7 Å². The molecular weight excluding hydrogens is 300 g/mol. The summed E-state index contributed by atoms with van der Waals surface area (Å²) in [6.07, 6.45) is 0.00356. The lowest BCUT2D eigenvalue weighted by molar-refractivity contribution is -0.137. The summed E-state index contributed by atoms with van der Waals surface area (Å²) < 4.78 is 26.0. The number of hydrogen-bond donors (Lipinski definition) is 2. The van der Waals surface area contributed by atoms with E-state index in [9.17, 15) is 18.0 Å². The van der Waals surface area contributed by atoms with Gasteiger partial charge in [0.2, 0.25) is 0 Å². The second-order valence-electron chi connectivity index (χ2n) is 3.83. The van der Waals surface area contributed by atoms with Crippen molar-refractivity contribution in [3.8, 4) is 0 Å². The lowest BCUT2D eigenvalue weighted by Crippen LogP contribution is -2.13. The monoisotopic (exact) mass is 312 g/mol. The number of nitrogens with zero attached hydrogens (tertiary/aromatic N) is 3. The van der Waals surface area contributed by atoms with Crippen LogP contribution in [0.15, 0.2) is 17.2 Å². The van der Waals surface area contributed by atoms with Gasteiger partial charge in [-0.15, -0.1) is 0 Å². The molecule has 0 saturated heterocycles. The van der Waals surface area contributed by atoms with E-state index in [1.807, 2.05) is 0 Å². The van der Waals surface area contributed by atoms with Gasteiger partial charge in [-0.3, -0.25) is 4.79 Å². The first-order valence-corrected chi connectivity index (χ1v) is 7.10. The fourth-order valence-electron chi connectivity index (χ4n) is 1.49. The summed E-state index contributed by atoms with van der Waals surface area (Å²) in [6.45, 7) is 1.51. The van der Waals surface area contributed by atoms with Gasteiger partial charge in [-0.25, -0.2) is 13.2 Å². The van der Waals surface area contributed by atoms with E-state index in [1.165, 1.54) is 19.1 Å². The van der Waals surface area contributed by atoms with E-state index in [0.717, 1.165) is 0 Å². The Kier molecular flexibility index (Phi) is 5.70. The zero-order chi connectivity index (χ0) is 16.0. The SMILES string of the molecule is CCC(=O)OC(=O)c1ccc(C[SH](=O)=O)c(N=[N+]=[N-])c1N. The number of carbonyl (C=O) groups is 2. The average Bonchev–Trinajstić information content (AvgIpc) is 2.42. The molecule has 0 aliphatic carbocycles. The number of hydrogen-bond acceptors (Lipinski definition) is 7. The molecule has 10 heteroatoms. The van der Waals surface area contributed by atoms with Crippen molar-refractivity contribution in [1.29, 1.82) is 0 Å². The lowest BCUT2D eigenvalue weighted by atomic mass is 10.1. The number of azide groups is 1. The van der Waals surface area contributed by atoms with Gasteiger partial charge >= 0.3 is 11.9 Å². The second kappa shape index (κ2) is 7.27. The van der Waals surface area contributed by atoms with Crippen LogP contribution in [0.2, 0.25) is 0 Å². The van der Waals surface area contributed by atoms with Gasteiger partial charge in [0.15, 0.2) is 0 Å². The van der Waals surface area contributed by atoms with Crippen LogP contribution >= 0.6 is 0 Å². The minimum atomic E-state index is -2.77. The van der Waals surface area contributed by atoms with Crippen molar-refractivity contribution < 1.29 is 22.7 Å². The molecule has 0 fully saturated rings. The minimum absolute atomic E-state index is 0.00356. The number of ether oxygens (including phenoxy) is 1. The van der Waals surface area contributed by atoms with Crippen molar-refractivity contribution in [3.63, 3.8) is 0 Å². The van der Waals surface area contributed by atoms with Crippen molar-refractivity contribution in [3.05, 3.63) is 33.7 Å². The van der Waals surface area contributed by atoms with Crippen LogP contribution in [-0.4, -0.2) is 20.4 Å². The number of benzene rings is 1. The van der Waals surface area contributed by atoms with Crippen LogP contribution in [0.5, 0.6) is 0 Å². The number of carbonyl (C=O) groups excluding carboxylic acids is 2. The van der Waals surface area contributed by atoms with Crippen molar-refractivity contribution in [2.75, 3.05) is 5.73 Å². The molecule has 0 aliphatic rings. The molecule has 0 aliphatic heterocycles. The van der Waals surface area contributed by atoms with Crippen LogP contribution in [0, 0.1) is 0 Å². The van der Waals surface area contributed by atoms with Gasteiger partial charge < -0.3 is 10.5 Å². The Morgan fingerprint density at radius 3 is 2.62 bits per heavy atom. The van der Waals surface area contributed by atoms with E-state index in [0.29, 0.717) is 0 Å². The molecule has 9 nitrogen and oxygen atoms in total. The smallest absolute Gasteiger partial charge is 0.347 e. The molecule has 0 saturated carbocycles. The van der Waals surface area contributed by atoms with Gasteiger partial charge in [0.05, 0.1) is 22.7 Å². The Morgan fingerprint density at radius 1 is 1.43 bits per heavy atom. The maximum atomic E-state index is 11.7. The maximum absolute atomic E-state index is 11.7. The molecule has 0 bridgehead atoms. The summed E-state index contributed by atoms with van der Waals surface area (Å²) in [4.78, 5) is 25.4. The summed E-state index contributed by atoms with van der Waals surface area (Å²) in [7, 11) is -2.77. The number of rotatable bonds is 5. The Hall–Kier alpha value is -2.58. The van der Waals surface area contributed by atoms with Gasteiger partial charge in [-0.1, -0.05) is 18.1 Å². The average molecular weight is 312 g/mol. The predicted octanol–water partition coefficient (Wildman–Crippen LogP) is 1.42. The van der Waals surface area contributed by atoms with E-state index >= 15 is 0 Å². The van der Waals surface area contributed by atoms with E-state index < -0.39 is 28.4 Å². The van der Waals surface area contributed by atoms with Gasteiger partial charge in [-0.05, 0) is 17.2 Å². The fourth-order valence-corrected chi connectivity index (χ4v) is 2.02. The molecule has 21 heavy (non-hydrogen) atoms. The van der Waals surface area contributed by atoms with Crippen molar-refractivity contribution in [1.82, 2.24) is 0 Å². The van der Waals surface area contributed by atoms with Crippen molar-refractivity contribution in [2.24, 2.45) is 5.11 Å². The van der Waals surface area contributed by atoms with E-state index in [2.05, 4.69) is 14.8 Å². The molecule has 0 atom stereocenters. The summed E-state index contributed by atoms with van der Waals surface area (Å²) in [5.74, 6) is -2.12. The number of nitrogens with two attached hydrogens (primary N) is 1. The normalized spacial score (nSPS) is 10.0. The molecule has 1 aromatic carbocycles. The van der Waals surface area contributed by atoms with Crippen molar-refractivity contribution >= 4 is 34.0 Å². The molecule has 112 valence electrons. The third-order valence-electron chi connectivity index (χ3n) is 2.46. The van der Waals surface area contributed by atoms with Crippen LogP contribution in [0.1, 0.15) is 29.3 Å². The van der Waals surface area contributed by atoms with Crippen LogP contribution in [0.3, 0.4) is 0 Å². The maximum Gasteiger partial charge on any atom is 0.347 e. The summed E-state index contributed by atoms with van der Waals surface area (Å²) in [6, 6.07) is 2.49. The number of thiol groups is 1. The standard InChI is InChI=1S/C11H12N4O5S/c1-2-8(16)20-11(17)7-4-3-6(5-21(18)19)10(9(7)12)14-15-13/h3-4,21H,2,5,12H2,1H3. The molecule has 0 unspecified atom stereocenters. The highest BCUT2D eigenvalue weighted by atomic mass is 32.2. The van der Waals surface area contributed by atoms with Crippen LogP contribution in [-0.2, 0) is 26.0 Å². The van der Waals surface area contributed by atoms with Crippen LogP contribution < -0.4 is 5.73 Å². The van der Waals surface area contributed by atoms with Gasteiger partial charge in [-0.2, -0.15) is 0 Å². The minimum Gasteiger partial charge on any atom is -0.398 e. The van der Waals surface area contributed by atoms with E-state index in [-0.39, 0.29) is 28.9 Å². The molecule has 1 rings (SSSR count). The Morgan fingerprint density at radius 2 is 2.10 bits per heavy atom. The highest BCUT2D eigenvalue weighted by Gasteiger charge is 2.19. The largest absolute Gasteiger partial charge is 0.398 e. The first-order chi connectivity index (χ1) is 9.90. The Labute approximate surface area is 121 Å². The van der Waals surface area contributed by atoms with E-state index in [4.69, 9.17) is 11.3 Å². The van der Waals surface area contributed by atoms with Gasteiger partial charge in [0.25, 0.3) is 0 Å². The number of esters is 2. The Bertz CT molecular complexity index is 699. The molecule has 2 N–H and O–H groups in total. The third kappa shape index (κ3) is 4.20. The number of nitrogen functional groups attached to an aromatic ring is 1. The van der Waals surface area contributed by atoms with Crippen LogP contribution in [0.25, 0.3) is 10.4 Å². The summed E-state index contributed by atoms with van der Waals surface area (Å²) >= 11 is 0. The Balaban J connectivity index is 3.31. The molecule has 0 aromatic heterocycles. The highest BCUT2D eigenvalue weighted by molar-refractivity contribution is 7.71. The molecule has 0 spiro atoms. The highest BCUT2D eigenvalue weighted by Crippen LogP contribution is 2.31. The molecular formula is C11H12N4O5S. The third-order valence-corrected chi connectivity index (χ3v) is 3.06. The van der Waals surface area contributed by atoms with Gasteiger partial charge in [0, 0.05) is 11.3 Å². The molecule has 0 radical (unpaired) electrons. The number of anilines is 1. The van der Waals surface area contributed by atoms with Crippen molar-refractivity contribution in [2.45, 2.75) is 19.1 Å². The quantitative estimate of drug-likeness (QED) is 0.159. The zero-order valence-electron chi connectivity index (χ0n) is 11.0.